The van der Waals surface area contributed by atoms with Crippen LogP contribution in [0.2, 0.25) is 0 Å². The maximum Gasteiger partial charge on any atom is 0.322 e. The number of anilines is 2. The molecule has 1 aliphatic heterocycles. The minimum atomic E-state index is -0.325. The summed E-state index contributed by atoms with van der Waals surface area (Å²) in [5, 5.41) is 9.38. The molecule has 0 spiro atoms. The van der Waals surface area contributed by atoms with Crippen molar-refractivity contribution in [2.45, 2.75) is 12.5 Å². The van der Waals surface area contributed by atoms with Crippen molar-refractivity contribution in [3.8, 4) is 6.01 Å². The Labute approximate surface area is 86.9 Å². The summed E-state index contributed by atoms with van der Waals surface area (Å²) in [6.07, 6.45) is 0.391. The molecule has 0 amide bonds. The molecule has 0 aliphatic carbocycles. The van der Waals surface area contributed by atoms with Gasteiger partial charge in [-0.2, -0.15) is 15.0 Å². The zero-order valence-corrected chi connectivity index (χ0v) is 8.42. The Bertz CT molecular complexity index is 359. The largest absolute Gasteiger partial charge is 0.467 e. The number of aromatic nitrogens is 3. The summed E-state index contributed by atoms with van der Waals surface area (Å²) >= 11 is 0. The fourth-order valence-electron chi connectivity index (χ4n) is 1.52. The zero-order chi connectivity index (χ0) is 10.8. The Morgan fingerprint density at radius 3 is 2.87 bits per heavy atom. The quantitative estimate of drug-likeness (QED) is 0.649. The van der Waals surface area contributed by atoms with Crippen LogP contribution in [-0.4, -0.2) is 46.4 Å². The highest BCUT2D eigenvalue weighted by atomic mass is 16.5. The third kappa shape index (κ3) is 2.07. The van der Waals surface area contributed by atoms with Gasteiger partial charge in [-0.25, -0.2) is 0 Å². The Hall–Kier alpha value is -1.63. The van der Waals surface area contributed by atoms with E-state index in [1.807, 2.05) is 4.90 Å². The van der Waals surface area contributed by atoms with E-state index in [2.05, 4.69) is 15.0 Å². The Morgan fingerprint density at radius 1 is 1.47 bits per heavy atom. The molecule has 1 aromatic heterocycles. The van der Waals surface area contributed by atoms with Crippen LogP contribution >= 0.6 is 0 Å². The van der Waals surface area contributed by atoms with Gasteiger partial charge in [-0.3, -0.25) is 0 Å². The minimum absolute atomic E-state index is 0.123. The lowest BCUT2D eigenvalue weighted by Gasteiger charge is -2.15. The van der Waals surface area contributed by atoms with Gasteiger partial charge in [0, 0.05) is 13.1 Å². The number of hydrogen-bond donors (Lipinski definition) is 2. The summed E-state index contributed by atoms with van der Waals surface area (Å²) in [7, 11) is 1.47. The third-order valence-electron chi connectivity index (χ3n) is 2.25. The van der Waals surface area contributed by atoms with Gasteiger partial charge >= 0.3 is 6.01 Å². The molecule has 0 bridgehead atoms. The van der Waals surface area contributed by atoms with Gasteiger partial charge in [0.1, 0.15) is 0 Å². The molecule has 1 fully saturated rings. The zero-order valence-electron chi connectivity index (χ0n) is 8.42. The van der Waals surface area contributed by atoms with Crippen LogP contribution in [0.1, 0.15) is 6.42 Å². The van der Waals surface area contributed by atoms with Crippen LogP contribution in [-0.2, 0) is 0 Å². The van der Waals surface area contributed by atoms with Crippen molar-refractivity contribution in [1.29, 1.82) is 0 Å². The number of β-amino-alcohol motifs (C(OH)–C–C–N with tert-alkyl or cyclic N) is 1. The lowest BCUT2D eigenvalue weighted by atomic mass is 10.3. The van der Waals surface area contributed by atoms with Crippen LogP contribution in [0.15, 0.2) is 0 Å². The van der Waals surface area contributed by atoms with Crippen LogP contribution in [0.3, 0.4) is 0 Å². The van der Waals surface area contributed by atoms with Gasteiger partial charge < -0.3 is 20.5 Å². The smallest absolute Gasteiger partial charge is 0.322 e. The topological polar surface area (TPSA) is 97.4 Å². The van der Waals surface area contributed by atoms with Crippen molar-refractivity contribution in [2.75, 3.05) is 30.8 Å². The number of nitrogens with two attached hydrogens (primary N) is 1. The van der Waals surface area contributed by atoms with Crippen LogP contribution in [0, 0.1) is 0 Å². The first-order valence-corrected chi connectivity index (χ1v) is 4.67. The molecule has 3 N–H and O–H groups in total. The second-order valence-corrected chi connectivity index (χ2v) is 3.37. The van der Waals surface area contributed by atoms with Gasteiger partial charge in [0.25, 0.3) is 0 Å². The highest BCUT2D eigenvalue weighted by Gasteiger charge is 2.23. The first-order chi connectivity index (χ1) is 7.19. The maximum atomic E-state index is 9.38. The fourth-order valence-corrected chi connectivity index (χ4v) is 1.52. The molecular weight excluding hydrogens is 198 g/mol. The fraction of sp³-hybridized carbons (Fsp3) is 0.625. The molecule has 7 nitrogen and oxygen atoms in total. The molecule has 0 aromatic carbocycles. The second kappa shape index (κ2) is 3.85. The van der Waals surface area contributed by atoms with E-state index in [0.717, 1.165) is 0 Å². The molecule has 1 unspecified atom stereocenters. The summed E-state index contributed by atoms with van der Waals surface area (Å²) in [6, 6.07) is 0.193. The second-order valence-electron chi connectivity index (χ2n) is 3.37. The molecule has 2 rings (SSSR count). The van der Waals surface area contributed by atoms with E-state index < -0.39 is 0 Å². The average molecular weight is 211 g/mol. The summed E-state index contributed by atoms with van der Waals surface area (Å²) in [5.41, 5.74) is 5.51. The number of nitrogens with zero attached hydrogens (tertiary/aromatic N) is 4. The minimum Gasteiger partial charge on any atom is -0.467 e. The molecule has 82 valence electrons. The van der Waals surface area contributed by atoms with Crippen molar-refractivity contribution in [3.05, 3.63) is 0 Å². The van der Waals surface area contributed by atoms with E-state index in [9.17, 15) is 5.11 Å². The molecule has 7 heteroatoms. The van der Waals surface area contributed by atoms with E-state index in [-0.39, 0.29) is 18.1 Å². The molecule has 2 heterocycles. The summed E-state index contributed by atoms with van der Waals surface area (Å²) in [5.74, 6) is 0.578. The van der Waals surface area contributed by atoms with Gasteiger partial charge in [0.05, 0.1) is 13.2 Å². The first kappa shape index (κ1) is 9.91. The van der Waals surface area contributed by atoms with E-state index >= 15 is 0 Å². The van der Waals surface area contributed by atoms with Crippen LogP contribution < -0.4 is 15.4 Å². The third-order valence-corrected chi connectivity index (χ3v) is 2.25. The Morgan fingerprint density at radius 2 is 2.27 bits per heavy atom. The van der Waals surface area contributed by atoms with Crippen molar-refractivity contribution >= 4 is 11.9 Å². The molecule has 1 aromatic rings. The standard InChI is InChI=1S/C8H13N5O2/c1-15-8-11-6(9)10-7(12-8)13-3-2-5(14)4-13/h5,14H,2-4H2,1H3,(H2,9,10,11,12). The van der Waals surface area contributed by atoms with Gasteiger partial charge in [0.2, 0.25) is 11.9 Å². The average Bonchev–Trinajstić information content (AvgIpc) is 2.64. The van der Waals surface area contributed by atoms with E-state index in [1.165, 1.54) is 7.11 Å². The van der Waals surface area contributed by atoms with Crippen molar-refractivity contribution in [1.82, 2.24) is 15.0 Å². The number of aliphatic hydroxyl groups is 1. The van der Waals surface area contributed by atoms with Crippen LogP contribution in [0.25, 0.3) is 0 Å². The highest BCUT2D eigenvalue weighted by Crippen LogP contribution is 2.18. The predicted octanol–water partition coefficient (Wildman–Crippen LogP) is -0.967. The maximum absolute atomic E-state index is 9.38. The van der Waals surface area contributed by atoms with Crippen molar-refractivity contribution in [3.63, 3.8) is 0 Å². The molecule has 0 saturated carbocycles. The summed E-state index contributed by atoms with van der Waals surface area (Å²) in [4.78, 5) is 13.7. The van der Waals surface area contributed by atoms with Gasteiger partial charge in [-0.05, 0) is 6.42 Å². The van der Waals surface area contributed by atoms with Crippen molar-refractivity contribution in [2.24, 2.45) is 0 Å². The lowest BCUT2D eigenvalue weighted by Crippen LogP contribution is -2.24. The SMILES string of the molecule is COc1nc(N)nc(N2CCC(O)C2)n1. The van der Waals surface area contributed by atoms with Gasteiger partial charge in [-0.1, -0.05) is 0 Å². The Kier molecular flexibility index (Phi) is 2.55. The highest BCUT2D eigenvalue weighted by molar-refractivity contribution is 5.37. The number of aliphatic hydroxyl groups excluding tert-OH is 1. The monoisotopic (exact) mass is 211 g/mol. The lowest BCUT2D eigenvalue weighted by molar-refractivity contribution is 0.198. The number of nitrogen functional groups attached to an aromatic ring is 1. The Balaban J connectivity index is 2.24. The van der Waals surface area contributed by atoms with Crippen molar-refractivity contribution < 1.29 is 9.84 Å². The predicted molar refractivity (Wildman–Crippen MR) is 53.6 cm³/mol. The molecular formula is C8H13N5O2. The molecule has 15 heavy (non-hydrogen) atoms. The molecule has 1 saturated heterocycles. The van der Waals surface area contributed by atoms with Crippen LogP contribution in [0.4, 0.5) is 11.9 Å². The summed E-state index contributed by atoms with van der Waals surface area (Å²) in [6.45, 7) is 1.24. The van der Waals surface area contributed by atoms with Gasteiger partial charge in [0.15, 0.2) is 0 Å². The number of ether oxygens (including phenoxy) is 1. The molecule has 1 atom stereocenters. The van der Waals surface area contributed by atoms with Gasteiger partial charge in [-0.15, -0.1) is 0 Å². The van der Waals surface area contributed by atoms with E-state index in [0.29, 0.717) is 25.5 Å². The summed E-state index contributed by atoms with van der Waals surface area (Å²) < 4.78 is 4.89. The number of rotatable bonds is 2. The van der Waals surface area contributed by atoms with Crippen LogP contribution in [0.5, 0.6) is 6.01 Å². The van der Waals surface area contributed by atoms with E-state index in [4.69, 9.17) is 10.5 Å². The first-order valence-electron chi connectivity index (χ1n) is 4.67. The number of hydrogen-bond acceptors (Lipinski definition) is 7. The normalized spacial score (nSPS) is 20.7. The molecule has 1 aliphatic rings. The molecule has 0 radical (unpaired) electrons. The van der Waals surface area contributed by atoms with E-state index in [1.54, 1.807) is 0 Å². The number of methoxy groups -OCH3 is 1.